The Kier molecular flexibility index (Phi) is 20.5. The Morgan fingerprint density at radius 1 is 0.687 bits per heavy atom. The summed E-state index contributed by atoms with van der Waals surface area (Å²) in [5.41, 5.74) is -3.87. The molecule has 0 aromatic carbocycles. The van der Waals surface area contributed by atoms with Gasteiger partial charge in [-0.25, -0.2) is 4.79 Å². The van der Waals surface area contributed by atoms with E-state index >= 15 is 0 Å². The summed E-state index contributed by atoms with van der Waals surface area (Å²) in [6.45, 7) is 13.6. The molecule has 27 heteroatoms. The number of aliphatic hydroxyl groups excluding tert-OH is 12. The molecule has 5 heterocycles. The maximum Gasteiger partial charge on any atom is 0.509 e. The number of cyclic esters (lactones) is 2. The van der Waals surface area contributed by atoms with E-state index in [-0.39, 0.29) is 18.3 Å². The number of fused-ring (bicyclic) bond motifs is 3. The number of hydrogen-bond acceptors (Lipinski definition) is 26. The zero-order valence-corrected chi connectivity index (χ0v) is 48.7. The largest absolute Gasteiger partial charge is 0.509 e. The summed E-state index contributed by atoms with van der Waals surface area (Å²) >= 11 is 0. The van der Waals surface area contributed by atoms with Crippen molar-refractivity contribution in [3.8, 4) is 0 Å². The molecular weight excluding hydrogens is 1100 g/mol. The maximum absolute atomic E-state index is 12.4. The number of carbonyl (C=O) groups is 2. The maximum atomic E-state index is 12.4. The lowest BCUT2D eigenvalue weighted by Gasteiger charge is -2.64. The second-order valence-electron chi connectivity index (χ2n) is 26.5. The molecule has 83 heavy (non-hydrogen) atoms. The second kappa shape index (κ2) is 25.6. The van der Waals surface area contributed by atoms with Crippen LogP contribution in [0.25, 0.3) is 0 Å². The minimum atomic E-state index is -1.91. The third-order valence-electron chi connectivity index (χ3n) is 20.1. The van der Waals surface area contributed by atoms with Gasteiger partial charge in [0.05, 0.1) is 50.3 Å². The number of carbonyl (C=O) groups excluding carboxylic acids is 2. The lowest BCUT2D eigenvalue weighted by atomic mass is 9.42. The number of amides is 1. The first-order valence-corrected chi connectivity index (χ1v) is 29.1. The van der Waals surface area contributed by atoms with E-state index in [1.807, 2.05) is 13.0 Å². The fourth-order valence-corrected chi connectivity index (χ4v) is 15.7. The summed E-state index contributed by atoms with van der Waals surface area (Å²) in [7, 11) is 0. The minimum absolute atomic E-state index is 0.0666. The molecule has 0 aromatic rings. The van der Waals surface area contributed by atoms with Gasteiger partial charge in [0.15, 0.2) is 31.3 Å². The van der Waals surface area contributed by atoms with Crippen LogP contribution in [0.3, 0.4) is 0 Å². The molecule has 27 nitrogen and oxygen atoms in total. The molecule has 1 amide bonds. The van der Waals surface area contributed by atoms with Gasteiger partial charge in [0.1, 0.15) is 97.1 Å². The summed E-state index contributed by atoms with van der Waals surface area (Å²) in [6, 6.07) is -1.50. The molecular formula is C56H93NO26. The standard InChI is InChI=1S/C56H93NO26/c1-23(17-28-46(56(9,73)22-59)83-51(71)79-28)11-10-14-55(8,72)45-26(61)18-32-53(6)16-13-33(52(4,5)31(53)12-15-54(32,45)7)80-50-44(41(69)38(66)30(78-50)21-75-48-42(70)36(64)27(62)20-74-48)82-49-43(40(68)35(63)24(2)76-49)81-47-34(57-25(3)60)39(67)37(65)29(19-58)77-47/h11,24,26-50,58-59,61-70,72-73H,10,12-22H2,1-9H3,(H,57,60)/b23-11+/t24-,26+,27+,28-,29+,30+,31-,32+,33-,34+,35-,36-,37+,38+,39+,40+,41-,42+,43+,44+,45+,46+,47-,48-,49-,50-,53-,54+,55+,56+/m0/s1. The van der Waals surface area contributed by atoms with E-state index in [2.05, 4.69) is 33.0 Å². The summed E-state index contributed by atoms with van der Waals surface area (Å²) in [5.74, 6) is -1.33. The van der Waals surface area contributed by atoms with Crippen molar-refractivity contribution in [1.29, 1.82) is 0 Å². The van der Waals surface area contributed by atoms with Gasteiger partial charge in [-0.05, 0) is 101 Å². The first-order valence-electron chi connectivity index (χ1n) is 29.1. The van der Waals surface area contributed by atoms with Crippen molar-refractivity contribution in [2.24, 2.45) is 34.0 Å². The topological polar surface area (TPSA) is 422 Å². The highest BCUT2D eigenvalue weighted by atomic mass is 16.8. The van der Waals surface area contributed by atoms with Gasteiger partial charge in [-0.2, -0.15) is 0 Å². The number of hydrogen-bond donors (Lipinski definition) is 15. The molecule has 30 atom stereocenters. The fourth-order valence-electron chi connectivity index (χ4n) is 15.7. The predicted molar refractivity (Wildman–Crippen MR) is 281 cm³/mol. The van der Waals surface area contributed by atoms with Crippen molar-refractivity contribution in [2.45, 2.75) is 266 Å². The van der Waals surface area contributed by atoms with Crippen molar-refractivity contribution in [3.05, 3.63) is 11.6 Å². The van der Waals surface area contributed by atoms with E-state index in [4.69, 9.17) is 47.4 Å². The zero-order valence-electron chi connectivity index (χ0n) is 48.7. The Labute approximate surface area is 482 Å². The number of allylic oxidation sites excluding steroid dienone is 1. The number of aliphatic hydroxyl groups is 14. The second-order valence-corrected chi connectivity index (χ2v) is 26.5. The van der Waals surface area contributed by atoms with Crippen LogP contribution in [0.1, 0.15) is 114 Å². The molecule has 0 bridgehead atoms. The molecule has 3 aliphatic carbocycles. The number of nitrogens with one attached hydrogen (secondary N) is 1. The molecule has 3 saturated carbocycles. The van der Waals surface area contributed by atoms with E-state index < -0.39 is 213 Å². The van der Waals surface area contributed by atoms with Crippen LogP contribution in [0, 0.1) is 34.0 Å². The lowest BCUT2D eigenvalue weighted by molar-refractivity contribution is -0.394. The van der Waals surface area contributed by atoms with E-state index in [9.17, 15) is 81.1 Å². The molecule has 0 spiro atoms. The lowest BCUT2D eigenvalue weighted by Crippen LogP contribution is -2.68. The highest BCUT2D eigenvalue weighted by Gasteiger charge is 2.69. The van der Waals surface area contributed by atoms with Crippen LogP contribution >= 0.6 is 0 Å². The third-order valence-corrected chi connectivity index (χ3v) is 20.1. The van der Waals surface area contributed by atoms with E-state index in [0.717, 1.165) is 12.5 Å². The molecule has 5 saturated heterocycles. The Morgan fingerprint density at radius 2 is 1.30 bits per heavy atom. The van der Waals surface area contributed by atoms with Gasteiger partial charge >= 0.3 is 6.16 Å². The summed E-state index contributed by atoms with van der Waals surface area (Å²) < 4.78 is 59.7. The highest BCUT2D eigenvalue weighted by Crippen LogP contribution is 2.71. The van der Waals surface area contributed by atoms with Gasteiger partial charge in [0.2, 0.25) is 5.91 Å². The summed E-state index contributed by atoms with van der Waals surface area (Å²) in [4.78, 5) is 24.4. The molecule has 15 N–H and O–H groups in total. The molecule has 0 unspecified atom stereocenters. The molecule has 8 aliphatic rings. The Balaban J connectivity index is 1.02. The SMILES string of the molecule is CC(=O)N[C@H]1[C@H](O[C@H]2[C@H](O[C@H]3[C@H](O[C@H]4CC[C@]5(C)[C@H]6C[C@@H](O)[C@@H]([C@](C)(O)CC/C=C(\C)C[C@@H]7OC(=O)O[C@H]7[C@](C)(O)CO)[C@]6(C)CC[C@H]5C4(C)C)O[C@H](CO[C@@H]4OC[C@@H](O)[C@H](O)[C@H]4O)[C@@H](O)[C@@H]3O)O[C@@H](C)[C@H](O)[C@H]2O)O[C@H](CO)[C@@H](O)[C@@H]1O. The van der Waals surface area contributed by atoms with Gasteiger partial charge in [0.25, 0.3) is 0 Å². The van der Waals surface area contributed by atoms with E-state index in [1.54, 1.807) is 6.92 Å². The highest BCUT2D eigenvalue weighted by molar-refractivity contribution is 5.73. The van der Waals surface area contributed by atoms with Gasteiger partial charge in [-0.3, -0.25) is 4.79 Å². The molecule has 478 valence electrons. The molecule has 0 radical (unpaired) electrons. The van der Waals surface area contributed by atoms with Crippen molar-refractivity contribution >= 4 is 12.1 Å². The van der Waals surface area contributed by atoms with Gasteiger partial charge < -0.3 is 124 Å². The quantitative estimate of drug-likeness (QED) is 0.0353. The summed E-state index contributed by atoms with van der Waals surface area (Å²) in [5, 5.41) is 157. The monoisotopic (exact) mass is 1200 g/mol. The average molecular weight is 1200 g/mol. The van der Waals surface area contributed by atoms with Crippen LogP contribution in [-0.2, 0) is 52.2 Å². The molecule has 5 aliphatic heterocycles. The minimum Gasteiger partial charge on any atom is -0.427 e. The first-order chi connectivity index (χ1) is 38.7. The number of rotatable bonds is 19. The summed E-state index contributed by atoms with van der Waals surface area (Å²) in [6.07, 6.45) is -28.4. The van der Waals surface area contributed by atoms with Crippen LogP contribution in [0.4, 0.5) is 4.79 Å². The fraction of sp³-hybridized carbons (Fsp3) is 0.929. The van der Waals surface area contributed by atoms with Crippen molar-refractivity contribution in [3.63, 3.8) is 0 Å². The van der Waals surface area contributed by atoms with Gasteiger partial charge in [-0.15, -0.1) is 0 Å². The Bertz CT molecular complexity index is 2240. The van der Waals surface area contributed by atoms with Crippen molar-refractivity contribution < 1.29 is 128 Å². The smallest absolute Gasteiger partial charge is 0.427 e. The van der Waals surface area contributed by atoms with E-state index in [1.165, 1.54) is 13.8 Å². The molecule has 8 fully saturated rings. The van der Waals surface area contributed by atoms with Crippen molar-refractivity contribution in [1.82, 2.24) is 5.32 Å². The normalized spacial score (nSPS) is 48.9. The van der Waals surface area contributed by atoms with Crippen molar-refractivity contribution in [2.75, 3.05) is 26.4 Å². The van der Waals surface area contributed by atoms with Gasteiger partial charge in [0, 0.05) is 19.3 Å². The van der Waals surface area contributed by atoms with Crippen LogP contribution < -0.4 is 5.32 Å². The molecule has 8 rings (SSSR count). The third kappa shape index (κ3) is 13.1. The molecule has 0 aromatic heterocycles. The zero-order chi connectivity index (χ0) is 61.2. The number of ether oxygens (including phenoxy) is 10. The predicted octanol–water partition coefficient (Wildman–Crippen LogP) is -2.79. The van der Waals surface area contributed by atoms with Crippen LogP contribution in [0.5, 0.6) is 0 Å². The average Bonchev–Trinajstić information content (AvgIpc) is 1.79. The van der Waals surface area contributed by atoms with Crippen LogP contribution in [-0.4, -0.2) is 262 Å². The van der Waals surface area contributed by atoms with Crippen LogP contribution in [0.2, 0.25) is 0 Å². The Morgan fingerprint density at radius 3 is 1.95 bits per heavy atom. The Hall–Kier alpha value is -2.40. The van der Waals surface area contributed by atoms with E-state index in [0.29, 0.717) is 44.9 Å². The van der Waals surface area contributed by atoms with Crippen LogP contribution in [0.15, 0.2) is 11.6 Å². The first kappa shape index (κ1) is 66.6. The van der Waals surface area contributed by atoms with Gasteiger partial charge in [-0.1, -0.05) is 39.3 Å².